The van der Waals surface area contributed by atoms with E-state index >= 15 is 0 Å². The van der Waals surface area contributed by atoms with Gasteiger partial charge in [0.15, 0.2) is 0 Å². The highest BCUT2D eigenvalue weighted by Crippen LogP contribution is 2.23. The Balaban J connectivity index is 2.36. The minimum atomic E-state index is -0.271. The number of rotatable bonds is 4. The van der Waals surface area contributed by atoms with Crippen LogP contribution in [-0.4, -0.2) is 0 Å². The van der Waals surface area contributed by atoms with Crippen LogP contribution in [0.3, 0.4) is 0 Å². The summed E-state index contributed by atoms with van der Waals surface area (Å²) in [6.45, 7) is 4.30. The SMILES string of the molecule is CCc1ccc(C(N)c2cccc(F)c2)cc1CC. The van der Waals surface area contributed by atoms with Crippen molar-refractivity contribution in [3.05, 3.63) is 70.5 Å². The standard InChI is InChI=1S/C17H20FN/c1-3-12-8-9-15(10-13(12)4-2)17(19)14-6-5-7-16(18)11-14/h5-11,17H,3-4,19H2,1-2H3. The summed E-state index contributed by atoms with van der Waals surface area (Å²) in [5.41, 5.74) is 10.8. The molecular formula is C17H20FN. The minimum Gasteiger partial charge on any atom is -0.320 e. The predicted molar refractivity (Wildman–Crippen MR) is 77.6 cm³/mol. The Bertz CT molecular complexity index is 563. The topological polar surface area (TPSA) is 26.0 Å². The normalized spacial score (nSPS) is 12.4. The molecule has 0 amide bonds. The fraction of sp³-hybridized carbons (Fsp3) is 0.294. The number of hydrogen-bond acceptors (Lipinski definition) is 1. The van der Waals surface area contributed by atoms with Gasteiger partial charge < -0.3 is 5.73 Å². The predicted octanol–water partition coefficient (Wildman–Crippen LogP) is 4.00. The second-order valence-electron chi connectivity index (χ2n) is 4.77. The first kappa shape index (κ1) is 13.8. The van der Waals surface area contributed by atoms with Gasteiger partial charge in [-0.3, -0.25) is 0 Å². The summed E-state index contributed by atoms with van der Waals surface area (Å²) in [5.74, 6) is -0.242. The lowest BCUT2D eigenvalue weighted by molar-refractivity contribution is 0.623. The lowest BCUT2D eigenvalue weighted by Crippen LogP contribution is -2.12. The third-order valence-electron chi connectivity index (χ3n) is 3.56. The zero-order chi connectivity index (χ0) is 13.8. The van der Waals surface area contributed by atoms with Crippen LogP contribution < -0.4 is 5.73 Å². The van der Waals surface area contributed by atoms with E-state index in [0.29, 0.717) is 0 Å². The van der Waals surface area contributed by atoms with E-state index in [0.717, 1.165) is 24.0 Å². The van der Waals surface area contributed by atoms with Gasteiger partial charge in [-0.05, 0) is 47.2 Å². The summed E-state index contributed by atoms with van der Waals surface area (Å²) >= 11 is 0. The van der Waals surface area contributed by atoms with Gasteiger partial charge in [-0.2, -0.15) is 0 Å². The molecule has 19 heavy (non-hydrogen) atoms. The monoisotopic (exact) mass is 257 g/mol. The zero-order valence-corrected chi connectivity index (χ0v) is 11.5. The number of aryl methyl sites for hydroxylation is 2. The van der Waals surface area contributed by atoms with Gasteiger partial charge in [-0.15, -0.1) is 0 Å². The van der Waals surface area contributed by atoms with Crippen LogP contribution in [-0.2, 0) is 12.8 Å². The lowest BCUT2D eigenvalue weighted by atomic mass is 9.94. The number of nitrogens with two attached hydrogens (primary N) is 1. The van der Waals surface area contributed by atoms with Crippen molar-refractivity contribution < 1.29 is 4.39 Å². The second kappa shape index (κ2) is 5.98. The number of benzene rings is 2. The summed E-state index contributed by atoms with van der Waals surface area (Å²) in [5, 5.41) is 0. The molecule has 0 spiro atoms. The van der Waals surface area contributed by atoms with Crippen molar-refractivity contribution in [2.45, 2.75) is 32.7 Å². The molecule has 0 saturated heterocycles. The van der Waals surface area contributed by atoms with Crippen LogP contribution >= 0.6 is 0 Å². The first-order chi connectivity index (χ1) is 9.15. The summed E-state index contributed by atoms with van der Waals surface area (Å²) in [4.78, 5) is 0. The smallest absolute Gasteiger partial charge is 0.123 e. The highest BCUT2D eigenvalue weighted by atomic mass is 19.1. The first-order valence-corrected chi connectivity index (χ1v) is 6.78. The Labute approximate surface area is 114 Å². The Hall–Kier alpha value is -1.67. The zero-order valence-electron chi connectivity index (χ0n) is 11.5. The molecule has 0 radical (unpaired) electrons. The molecule has 0 aliphatic heterocycles. The summed E-state index contributed by atoms with van der Waals surface area (Å²) in [7, 11) is 0. The molecule has 0 saturated carbocycles. The second-order valence-corrected chi connectivity index (χ2v) is 4.77. The highest BCUT2D eigenvalue weighted by Gasteiger charge is 2.11. The van der Waals surface area contributed by atoms with Crippen LogP contribution in [0, 0.1) is 5.82 Å². The Morgan fingerprint density at radius 3 is 2.26 bits per heavy atom. The molecule has 0 fully saturated rings. The molecule has 0 bridgehead atoms. The quantitative estimate of drug-likeness (QED) is 0.880. The molecular weight excluding hydrogens is 237 g/mol. The van der Waals surface area contributed by atoms with Crippen molar-refractivity contribution in [3.8, 4) is 0 Å². The average molecular weight is 257 g/mol. The van der Waals surface area contributed by atoms with Gasteiger partial charge in [0.25, 0.3) is 0 Å². The van der Waals surface area contributed by atoms with E-state index in [1.54, 1.807) is 6.07 Å². The summed E-state index contributed by atoms with van der Waals surface area (Å²) in [6, 6.07) is 12.6. The van der Waals surface area contributed by atoms with Gasteiger partial charge in [-0.25, -0.2) is 4.39 Å². The molecule has 1 nitrogen and oxygen atoms in total. The molecule has 0 aromatic heterocycles. The molecule has 1 atom stereocenters. The number of halogens is 1. The van der Waals surface area contributed by atoms with Gasteiger partial charge in [0.1, 0.15) is 5.82 Å². The van der Waals surface area contributed by atoms with Crippen molar-refractivity contribution in [2.24, 2.45) is 5.73 Å². The van der Waals surface area contributed by atoms with E-state index in [9.17, 15) is 4.39 Å². The van der Waals surface area contributed by atoms with Crippen LogP contribution in [0.5, 0.6) is 0 Å². The molecule has 0 aliphatic carbocycles. The van der Waals surface area contributed by atoms with E-state index in [4.69, 9.17) is 5.73 Å². The fourth-order valence-corrected chi connectivity index (χ4v) is 2.41. The van der Waals surface area contributed by atoms with E-state index in [1.165, 1.54) is 23.3 Å². The van der Waals surface area contributed by atoms with Crippen LogP contribution in [0.4, 0.5) is 4.39 Å². The van der Waals surface area contributed by atoms with Crippen molar-refractivity contribution in [1.82, 2.24) is 0 Å². The maximum Gasteiger partial charge on any atom is 0.123 e. The first-order valence-electron chi connectivity index (χ1n) is 6.78. The lowest BCUT2D eigenvalue weighted by Gasteiger charge is -2.15. The largest absolute Gasteiger partial charge is 0.320 e. The van der Waals surface area contributed by atoms with Gasteiger partial charge in [0.2, 0.25) is 0 Å². The Kier molecular flexibility index (Phi) is 4.33. The molecule has 100 valence electrons. The fourth-order valence-electron chi connectivity index (χ4n) is 2.41. The van der Waals surface area contributed by atoms with Crippen molar-refractivity contribution in [3.63, 3.8) is 0 Å². The van der Waals surface area contributed by atoms with Gasteiger partial charge >= 0.3 is 0 Å². The molecule has 2 rings (SSSR count). The van der Waals surface area contributed by atoms with Crippen LogP contribution in [0.1, 0.15) is 42.1 Å². The summed E-state index contributed by atoms with van der Waals surface area (Å²) in [6.07, 6.45) is 2.02. The molecule has 0 aliphatic rings. The maximum atomic E-state index is 13.3. The molecule has 1 unspecified atom stereocenters. The van der Waals surface area contributed by atoms with Crippen LogP contribution in [0.25, 0.3) is 0 Å². The van der Waals surface area contributed by atoms with Crippen molar-refractivity contribution in [1.29, 1.82) is 0 Å². The summed E-state index contributed by atoms with van der Waals surface area (Å²) < 4.78 is 13.3. The minimum absolute atomic E-state index is 0.242. The Morgan fingerprint density at radius 2 is 1.63 bits per heavy atom. The van der Waals surface area contributed by atoms with Gasteiger partial charge in [0.05, 0.1) is 6.04 Å². The third kappa shape index (κ3) is 3.02. The molecule has 2 aromatic rings. The Morgan fingerprint density at radius 1 is 0.947 bits per heavy atom. The number of hydrogen-bond donors (Lipinski definition) is 1. The third-order valence-corrected chi connectivity index (χ3v) is 3.56. The van der Waals surface area contributed by atoms with Crippen LogP contribution in [0.15, 0.2) is 42.5 Å². The maximum absolute atomic E-state index is 13.3. The average Bonchev–Trinajstić information content (AvgIpc) is 2.45. The molecule has 2 aromatic carbocycles. The van der Waals surface area contributed by atoms with Gasteiger partial charge in [0, 0.05) is 0 Å². The van der Waals surface area contributed by atoms with Crippen molar-refractivity contribution >= 4 is 0 Å². The van der Waals surface area contributed by atoms with E-state index in [2.05, 4.69) is 26.0 Å². The van der Waals surface area contributed by atoms with Gasteiger partial charge in [-0.1, -0.05) is 44.2 Å². The molecule has 2 N–H and O–H groups in total. The van der Waals surface area contributed by atoms with E-state index in [-0.39, 0.29) is 11.9 Å². The van der Waals surface area contributed by atoms with Crippen LogP contribution in [0.2, 0.25) is 0 Å². The van der Waals surface area contributed by atoms with E-state index in [1.807, 2.05) is 12.1 Å². The highest BCUT2D eigenvalue weighted by molar-refractivity contribution is 5.38. The van der Waals surface area contributed by atoms with Crippen molar-refractivity contribution in [2.75, 3.05) is 0 Å². The molecule has 2 heteroatoms. The molecule has 0 heterocycles. The van der Waals surface area contributed by atoms with E-state index < -0.39 is 0 Å².